The van der Waals surface area contributed by atoms with Crippen LogP contribution in [-0.2, 0) is 12.8 Å². The van der Waals surface area contributed by atoms with Crippen LogP contribution in [0.1, 0.15) is 42.5 Å². The molecule has 0 radical (unpaired) electrons. The second kappa shape index (κ2) is 6.20. The van der Waals surface area contributed by atoms with E-state index in [1.54, 1.807) is 0 Å². The molecule has 0 aromatic carbocycles. The largest absolute Gasteiger partial charge is 0.477 e. The van der Waals surface area contributed by atoms with E-state index < -0.39 is 0 Å². The number of aryl methyl sites for hydroxylation is 2. The number of fused-ring (bicyclic) bond motifs is 1. The Hall–Kier alpha value is -1.82. The third-order valence-corrected chi connectivity index (χ3v) is 3.18. The molecular formula is C15H18N2O. The van der Waals surface area contributed by atoms with Crippen molar-refractivity contribution in [1.29, 1.82) is 5.26 Å². The highest BCUT2D eigenvalue weighted by atomic mass is 16.5. The number of nitriles is 1. The first kappa shape index (κ1) is 12.6. The molecule has 1 aliphatic rings. The fourth-order valence-corrected chi connectivity index (χ4v) is 2.20. The van der Waals surface area contributed by atoms with Crippen LogP contribution in [0.4, 0.5) is 0 Å². The summed E-state index contributed by atoms with van der Waals surface area (Å²) in [5.74, 6) is 0.502. The first-order chi connectivity index (χ1) is 8.85. The zero-order valence-corrected chi connectivity index (χ0v) is 10.6. The number of hydrogen-bond donors (Lipinski definition) is 0. The van der Waals surface area contributed by atoms with Crippen molar-refractivity contribution in [3.63, 3.8) is 0 Å². The first-order valence-electron chi connectivity index (χ1n) is 6.51. The van der Waals surface area contributed by atoms with Gasteiger partial charge < -0.3 is 4.74 Å². The number of hydrogen-bond acceptors (Lipinski definition) is 3. The second-order valence-electron chi connectivity index (χ2n) is 4.55. The summed E-state index contributed by atoms with van der Waals surface area (Å²) in [7, 11) is 0. The van der Waals surface area contributed by atoms with Crippen LogP contribution >= 0.6 is 0 Å². The van der Waals surface area contributed by atoms with Gasteiger partial charge in [-0.2, -0.15) is 5.26 Å². The molecule has 18 heavy (non-hydrogen) atoms. The predicted molar refractivity (Wildman–Crippen MR) is 70.5 cm³/mol. The molecule has 0 N–H and O–H groups in total. The van der Waals surface area contributed by atoms with Crippen LogP contribution in [-0.4, -0.2) is 11.6 Å². The van der Waals surface area contributed by atoms with Gasteiger partial charge in [-0.15, -0.1) is 6.58 Å². The van der Waals surface area contributed by atoms with E-state index in [4.69, 9.17) is 10.00 Å². The zero-order valence-electron chi connectivity index (χ0n) is 10.6. The van der Waals surface area contributed by atoms with Crippen molar-refractivity contribution in [2.24, 2.45) is 0 Å². The lowest BCUT2D eigenvalue weighted by Gasteiger charge is -2.16. The number of ether oxygens (including phenoxy) is 1. The normalized spacial score (nSPS) is 13.5. The Morgan fingerprint density at radius 1 is 1.44 bits per heavy atom. The van der Waals surface area contributed by atoms with Gasteiger partial charge in [0.05, 0.1) is 6.61 Å². The summed E-state index contributed by atoms with van der Waals surface area (Å²) in [5.41, 5.74) is 2.89. The summed E-state index contributed by atoms with van der Waals surface area (Å²) in [4.78, 5) is 4.51. The molecule has 0 spiro atoms. The molecule has 3 nitrogen and oxygen atoms in total. The van der Waals surface area contributed by atoms with Crippen LogP contribution < -0.4 is 4.74 Å². The minimum atomic E-state index is 0.502. The Morgan fingerprint density at radius 3 is 3.06 bits per heavy atom. The minimum absolute atomic E-state index is 0.502. The molecule has 0 saturated carbocycles. The summed E-state index contributed by atoms with van der Waals surface area (Å²) < 4.78 is 5.61. The van der Waals surface area contributed by atoms with Crippen molar-refractivity contribution in [1.82, 2.24) is 4.98 Å². The zero-order chi connectivity index (χ0) is 12.8. The SMILES string of the molecule is C=CCCCOc1nc2c(cc1C#N)CCCC2. The van der Waals surface area contributed by atoms with Crippen molar-refractivity contribution in [3.05, 3.63) is 35.5 Å². The molecule has 0 fully saturated rings. The van der Waals surface area contributed by atoms with Gasteiger partial charge in [0.25, 0.3) is 0 Å². The number of rotatable bonds is 5. The van der Waals surface area contributed by atoms with Gasteiger partial charge in [0.2, 0.25) is 5.88 Å². The minimum Gasteiger partial charge on any atom is -0.477 e. The summed E-state index contributed by atoms with van der Waals surface area (Å²) >= 11 is 0. The number of allylic oxidation sites excluding steroid dienone is 1. The Kier molecular flexibility index (Phi) is 4.35. The van der Waals surface area contributed by atoms with Crippen LogP contribution in [0.3, 0.4) is 0 Å². The quantitative estimate of drug-likeness (QED) is 0.588. The maximum Gasteiger partial charge on any atom is 0.231 e. The molecule has 0 atom stereocenters. The molecule has 3 heteroatoms. The van der Waals surface area contributed by atoms with Gasteiger partial charge in [0.15, 0.2) is 0 Å². The van der Waals surface area contributed by atoms with Crippen LogP contribution in [0, 0.1) is 11.3 Å². The average molecular weight is 242 g/mol. The third kappa shape index (κ3) is 2.89. The lowest BCUT2D eigenvalue weighted by atomic mass is 9.95. The Balaban J connectivity index is 2.13. The van der Waals surface area contributed by atoms with E-state index in [0.717, 1.165) is 31.4 Å². The smallest absolute Gasteiger partial charge is 0.231 e. The molecule has 1 aromatic rings. The number of aromatic nitrogens is 1. The summed E-state index contributed by atoms with van der Waals surface area (Å²) in [6.45, 7) is 4.26. The number of nitrogens with zero attached hydrogens (tertiary/aromatic N) is 2. The molecule has 0 bridgehead atoms. The molecule has 2 rings (SSSR count). The van der Waals surface area contributed by atoms with Crippen molar-refractivity contribution in [2.75, 3.05) is 6.61 Å². The molecule has 0 aliphatic heterocycles. The molecule has 0 unspecified atom stereocenters. The van der Waals surface area contributed by atoms with Gasteiger partial charge in [-0.25, -0.2) is 4.98 Å². The van der Waals surface area contributed by atoms with E-state index >= 15 is 0 Å². The van der Waals surface area contributed by atoms with Crippen LogP contribution in [0.15, 0.2) is 18.7 Å². The van der Waals surface area contributed by atoms with Crippen molar-refractivity contribution < 1.29 is 4.74 Å². The third-order valence-electron chi connectivity index (χ3n) is 3.18. The maximum absolute atomic E-state index is 9.14. The van der Waals surface area contributed by atoms with Gasteiger partial charge in [-0.05, 0) is 50.2 Å². The molecular weight excluding hydrogens is 224 g/mol. The van der Waals surface area contributed by atoms with Gasteiger partial charge in [0.1, 0.15) is 11.6 Å². The van der Waals surface area contributed by atoms with Gasteiger partial charge in [0, 0.05) is 5.69 Å². The number of pyridine rings is 1. The van der Waals surface area contributed by atoms with Crippen molar-refractivity contribution >= 4 is 0 Å². The van der Waals surface area contributed by atoms with Crippen LogP contribution in [0.5, 0.6) is 5.88 Å². The molecule has 0 amide bonds. The highest BCUT2D eigenvalue weighted by Gasteiger charge is 2.15. The van der Waals surface area contributed by atoms with Crippen molar-refractivity contribution in [3.8, 4) is 11.9 Å². The van der Waals surface area contributed by atoms with Gasteiger partial charge >= 0.3 is 0 Å². The molecule has 0 saturated heterocycles. The Labute approximate surface area is 108 Å². The lowest BCUT2D eigenvalue weighted by Crippen LogP contribution is -2.09. The monoisotopic (exact) mass is 242 g/mol. The van der Waals surface area contributed by atoms with E-state index in [0.29, 0.717) is 18.1 Å². The standard InChI is InChI=1S/C15H18N2O/c1-2-3-6-9-18-15-13(11-16)10-12-7-4-5-8-14(12)17-15/h2,10H,1,3-9H2. The fraction of sp³-hybridized carbons (Fsp3) is 0.467. The van der Waals surface area contributed by atoms with Crippen molar-refractivity contribution in [2.45, 2.75) is 38.5 Å². The molecule has 94 valence electrons. The summed E-state index contributed by atoms with van der Waals surface area (Å²) in [5, 5.41) is 9.14. The van der Waals surface area contributed by atoms with Crippen LogP contribution in [0.2, 0.25) is 0 Å². The number of unbranched alkanes of at least 4 members (excludes halogenated alkanes) is 1. The molecule has 1 aromatic heterocycles. The molecule has 1 heterocycles. The van der Waals surface area contributed by atoms with Gasteiger partial charge in [-0.3, -0.25) is 0 Å². The Bertz CT molecular complexity index is 474. The predicted octanol–water partition coefficient (Wildman–Crippen LogP) is 3.18. The maximum atomic E-state index is 9.14. The van der Waals surface area contributed by atoms with E-state index in [1.165, 1.54) is 18.4 Å². The van der Waals surface area contributed by atoms with E-state index in [-0.39, 0.29) is 0 Å². The molecule has 1 aliphatic carbocycles. The highest BCUT2D eigenvalue weighted by Crippen LogP contribution is 2.25. The van der Waals surface area contributed by atoms with E-state index in [1.807, 2.05) is 12.1 Å². The van der Waals surface area contributed by atoms with E-state index in [2.05, 4.69) is 17.6 Å². The topological polar surface area (TPSA) is 45.9 Å². The second-order valence-corrected chi connectivity index (χ2v) is 4.55. The highest BCUT2D eigenvalue weighted by molar-refractivity contribution is 5.43. The Morgan fingerprint density at radius 2 is 2.28 bits per heavy atom. The summed E-state index contributed by atoms with van der Waals surface area (Å²) in [6, 6.07) is 4.13. The first-order valence-corrected chi connectivity index (χ1v) is 6.51. The van der Waals surface area contributed by atoms with E-state index in [9.17, 15) is 0 Å². The fourth-order valence-electron chi connectivity index (χ4n) is 2.20. The average Bonchev–Trinajstić information content (AvgIpc) is 2.42. The summed E-state index contributed by atoms with van der Waals surface area (Å²) in [6.07, 6.45) is 8.12. The van der Waals surface area contributed by atoms with Crippen LogP contribution in [0.25, 0.3) is 0 Å². The van der Waals surface area contributed by atoms with Gasteiger partial charge in [-0.1, -0.05) is 6.08 Å². The lowest BCUT2D eigenvalue weighted by molar-refractivity contribution is 0.298.